The number of nitrogens with one attached hydrogen (secondary N) is 1. The van der Waals surface area contributed by atoms with Crippen LogP contribution in [0.1, 0.15) is 56.5 Å². The van der Waals surface area contributed by atoms with Crippen LogP contribution in [0.4, 0.5) is 5.00 Å². The molecular weight excluding hydrogens is 402 g/mol. The Labute approximate surface area is 179 Å². The maximum Gasteiger partial charge on any atom is 0.341 e. The number of benzene rings is 1. The van der Waals surface area contributed by atoms with Crippen molar-refractivity contribution < 1.29 is 23.5 Å². The van der Waals surface area contributed by atoms with E-state index in [1.165, 1.54) is 16.9 Å². The zero-order valence-electron chi connectivity index (χ0n) is 17.5. The molecule has 30 heavy (non-hydrogen) atoms. The Morgan fingerprint density at radius 3 is 2.47 bits per heavy atom. The molecule has 7 heteroatoms. The number of carbonyl (C=O) groups excluding carboxylic acids is 2. The van der Waals surface area contributed by atoms with Gasteiger partial charge in [-0.3, -0.25) is 4.79 Å². The Morgan fingerprint density at radius 1 is 1.07 bits per heavy atom. The van der Waals surface area contributed by atoms with E-state index in [2.05, 4.69) is 12.2 Å². The standard InChI is InChI=1S/C23H25NO5S/c1-5-16-7-9-17(10-8-16)28-13-18-11-12-19(29-18)21(25)24-22-20(23(26)27-6-2)14(3)15(4)30-22/h7-12H,5-6,13H2,1-4H3,(H,24,25). The average Bonchev–Trinajstić information content (AvgIpc) is 3.32. The zero-order chi connectivity index (χ0) is 21.7. The molecule has 0 radical (unpaired) electrons. The van der Waals surface area contributed by atoms with Gasteiger partial charge in [-0.15, -0.1) is 11.3 Å². The summed E-state index contributed by atoms with van der Waals surface area (Å²) < 4.78 is 16.5. The van der Waals surface area contributed by atoms with Crippen LogP contribution in [0.15, 0.2) is 40.8 Å². The van der Waals surface area contributed by atoms with E-state index in [1.54, 1.807) is 19.1 Å². The number of furan rings is 1. The van der Waals surface area contributed by atoms with Gasteiger partial charge >= 0.3 is 5.97 Å². The minimum Gasteiger partial charge on any atom is -0.486 e. The summed E-state index contributed by atoms with van der Waals surface area (Å²) >= 11 is 1.34. The van der Waals surface area contributed by atoms with Crippen molar-refractivity contribution in [3.05, 3.63) is 69.5 Å². The van der Waals surface area contributed by atoms with Crippen LogP contribution in [0.3, 0.4) is 0 Å². The fourth-order valence-electron chi connectivity index (χ4n) is 2.88. The maximum absolute atomic E-state index is 12.6. The van der Waals surface area contributed by atoms with Gasteiger partial charge in [-0.1, -0.05) is 19.1 Å². The van der Waals surface area contributed by atoms with Crippen LogP contribution < -0.4 is 10.1 Å². The van der Waals surface area contributed by atoms with Gasteiger partial charge in [0.2, 0.25) is 0 Å². The largest absolute Gasteiger partial charge is 0.486 e. The normalized spacial score (nSPS) is 10.7. The van der Waals surface area contributed by atoms with Crippen LogP contribution in [0, 0.1) is 13.8 Å². The molecule has 0 spiro atoms. The SMILES string of the molecule is CCOC(=O)c1c(NC(=O)c2ccc(COc3ccc(CC)cc3)o2)sc(C)c1C. The van der Waals surface area contributed by atoms with Gasteiger partial charge in [-0.2, -0.15) is 0 Å². The Morgan fingerprint density at radius 2 is 1.80 bits per heavy atom. The lowest BCUT2D eigenvalue weighted by atomic mass is 10.1. The van der Waals surface area contributed by atoms with Crippen LogP contribution >= 0.6 is 11.3 Å². The number of ether oxygens (including phenoxy) is 2. The molecule has 0 atom stereocenters. The number of anilines is 1. The van der Waals surface area contributed by atoms with Gasteiger partial charge in [0.25, 0.3) is 5.91 Å². The van der Waals surface area contributed by atoms with Crippen molar-refractivity contribution in [2.75, 3.05) is 11.9 Å². The average molecular weight is 428 g/mol. The van der Waals surface area contributed by atoms with Crippen molar-refractivity contribution in [1.82, 2.24) is 0 Å². The molecule has 3 aromatic rings. The molecule has 0 fully saturated rings. The predicted octanol–water partition coefficient (Wildman–Crippen LogP) is 5.53. The Kier molecular flexibility index (Phi) is 6.95. The molecular formula is C23H25NO5S. The minimum atomic E-state index is -0.447. The van der Waals surface area contributed by atoms with E-state index in [-0.39, 0.29) is 19.0 Å². The molecule has 0 saturated heterocycles. The van der Waals surface area contributed by atoms with Crippen molar-refractivity contribution >= 4 is 28.2 Å². The molecule has 0 aliphatic rings. The Balaban J connectivity index is 1.66. The van der Waals surface area contributed by atoms with Gasteiger partial charge in [0.15, 0.2) is 5.76 Å². The molecule has 0 aliphatic heterocycles. The molecule has 0 bridgehead atoms. The Hall–Kier alpha value is -3.06. The van der Waals surface area contributed by atoms with Crippen molar-refractivity contribution in [2.45, 2.75) is 40.7 Å². The highest BCUT2D eigenvalue weighted by Gasteiger charge is 2.23. The van der Waals surface area contributed by atoms with Gasteiger partial charge in [0.05, 0.1) is 12.2 Å². The Bertz CT molecular complexity index is 1030. The first-order chi connectivity index (χ1) is 14.4. The summed E-state index contributed by atoms with van der Waals surface area (Å²) in [6.45, 7) is 8.05. The van der Waals surface area contributed by atoms with Gasteiger partial charge in [-0.25, -0.2) is 4.79 Å². The van der Waals surface area contributed by atoms with E-state index in [0.717, 1.165) is 22.6 Å². The number of carbonyl (C=O) groups is 2. The molecule has 0 unspecified atom stereocenters. The summed E-state index contributed by atoms with van der Waals surface area (Å²) in [7, 11) is 0. The highest BCUT2D eigenvalue weighted by atomic mass is 32.1. The number of aryl methyl sites for hydroxylation is 2. The van der Waals surface area contributed by atoms with Gasteiger partial charge in [0, 0.05) is 4.88 Å². The second-order valence-electron chi connectivity index (χ2n) is 6.71. The number of hydrogen-bond donors (Lipinski definition) is 1. The van der Waals surface area contributed by atoms with Crippen LogP contribution in [-0.2, 0) is 17.8 Å². The molecule has 6 nitrogen and oxygen atoms in total. The van der Waals surface area contributed by atoms with Crippen molar-refractivity contribution in [2.24, 2.45) is 0 Å². The summed E-state index contributed by atoms with van der Waals surface area (Å²) in [5.41, 5.74) is 2.43. The third-order valence-electron chi connectivity index (χ3n) is 4.69. The highest BCUT2D eigenvalue weighted by molar-refractivity contribution is 7.16. The number of hydrogen-bond acceptors (Lipinski definition) is 6. The van der Waals surface area contributed by atoms with Crippen molar-refractivity contribution in [3.8, 4) is 5.75 Å². The molecule has 0 aliphatic carbocycles. The summed E-state index contributed by atoms with van der Waals surface area (Å²) in [4.78, 5) is 25.9. The van der Waals surface area contributed by atoms with E-state index in [4.69, 9.17) is 13.9 Å². The second-order valence-corrected chi connectivity index (χ2v) is 7.94. The van der Waals surface area contributed by atoms with E-state index < -0.39 is 11.9 Å². The summed E-state index contributed by atoms with van der Waals surface area (Å²) in [6, 6.07) is 11.1. The van der Waals surface area contributed by atoms with Crippen LogP contribution in [0.5, 0.6) is 5.75 Å². The number of amides is 1. The quantitative estimate of drug-likeness (QED) is 0.478. The molecule has 2 heterocycles. The van der Waals surface area contributed by atoms with Crippen LogP contribution in [-0.4, -0.2) is 18.5 Å². The summed E-state index contributed by atoms with van der Waals surface area (Å²) in [5, 5.41) is 3.23. The van der Waals surface area contributed by atoms with E-state index >= 15 is 0 Å². The summed E-state index contributed by atoms with van der Waals surface area (Å²) in [5.74, 6) is 0.535. The van der Waals surface area contributed by atoms with E-state index in [0.29, 0.717) is 16.3 Å². The molecule has 1 N–H and O–H groups in total. The smallest absolute Gasteiger partial charge is 0.341 e. The van der Waals surface area contributed by atoms with Gasteiger partial charge in [-0.05, 0) is 62.6 Å². The minimum absolute atomic E-state index is 0.147. The van der Waals surface area contributed by atoms with Crippen LogP contribution in [0.25, 0.3) is 0 Å². The monoisotopic (exact) mass is 427 g/mol. The lowest BCUT2D eigenvalue weighted by Gasteiger charge is -2.06. The molecule has 3 rings (SSSR count). The lowest BCUT2D eigenvalue weighted by molar-refractivity contribution is 0.0527. The van der Waals surface area contributed by atoms with E-state index in [1.807, 2.05) is 38.1 Å². The predicted molar refractivity (Wildman–Crippen MR) is 117 cm³/mol. The lowest BCUT2D eigenvalue weighted by Crippen LogP contribution is -2.14. The van der Waals surface area contributed by atoms with Crippen molar-refractivity contribution in [1.29, 1.82) is 0 Å². The van der Waals surface area contributed by atoms with Gasteiger partial charge < -0.3 is 19.2 Å². The number of thiophene rings is 1. The number of rotatable bonds is 8. The molecule has 0 saturated carbocycles. The first kappa shape index (κ1) is 21.6. The molecule has 1 amide bonds. The van der Waals surface area contributed by atoms with Crippen LogP contribution in [0.2, 0.25) is 0 Å². The van der Waals surface area contributed by atoms with Crippen molar-refractivity contribution in [3.63, 3.8) is 0 Å². The third kappa shape index (κ3) is 4.91. The topological polar surface area (TPSA) is 77.8 Å². The third-order valence-corrected chi connectivity index (χ3v) is 5.81. The van der Waals surface area contributed by atoms with E-state index in [9.17, 15) is 9.59 Å². The molecule has 1 aromatic carbocycles. The molecule has 158 valence electrons. The first-order valence-electron chi connectivity index (χ1n) is 9.81. The second kappa shape index (κ2) is 9.63. The highest BCUT2D eigenvalue weighted by Crippen LogP contribution is 2.33. The number of esters is 1. The van der Waals surface area contributed by atoms with Gasteiger partial charge in [0.1, 0.15) is 23.1 Å². The zero-order valence-corrected chi connectivity index (χ0v) is 18.4. The first-order valence-corrected chi connectivity index (χ1v) is 10.6. The molecule has 2 aromatic heterocycles. The maximum atomic E-state index is 12.6. The fraction of sp³-hybridized carbons (Fsp3) is 0.304. The summed E-state index contributed by atoms with van der Waals surface area (Å²) in [6.07, 6.45) is 0.970. The fourth-order valence-corrected chi connectivity index (χ4v) is 3.93.